The van der Waals surface area contributed by atoms with Crippen LogP contribution in [-0.2, 0) is 23.9 Å². The number of thioether (sulfide) groups is 2. The monoisotopic (exact) mass is 598 g/mol. The summed E-state index contributed by atoms with van der Waals surface area (Å²) >= 11 is 2.68. The first-order valence-electron chi connectivity index (χ1n) is 12.6. The normalized spacial score (nSPS) is 22.7. The summed E-state index contributed by atoms with van der Waals surface area (Å²) < 4.78 is 4.89. The van der Waals surface area contributed by atoms with Crippen molar-refractivity contribution in [2.75, 3.05) is 31.2 Å². The molecular weight excluding hydrogens is 572 g/mol. The van der Waals surface area contributed by atoms with E-state index in [-0.39, 0.29) is 42.8 Å². The van der Waals surface area contributed by atoms with E-state index in [1.54, 1.807) is 18.7 Å². The van der Waals surface area contributed by atoms with Gasteiger partial charge in [-0.15, -0.1) is 23.5 Å². The van der Waals surface area contributed by atoms with E-state index in [0.717, 1.165) is 4.90 Å². The lowest BCUT2D eigenvalue weighted by Crippen LogP contribution is -2.70. The van der Waals surface area contributed by atoms with Gasteiger partial charge in [-0.05, 0) is 30.2 Å². The zero-order chi connectivity index (χ0) is 28.9. The van der Waals surface area contributed by atoms with Crippen LogP contribution in [0.3, 0.4) is 0 Å². The molecule has 0 bridgehead atoms. The maximum absolute atomic E-state index is 12.9. The third kappa shape index (κ3) is 6.10. The first kappa shape index (κ1) is 28.3. The Labute approximate surface area is 242 Å². The summed E-state index contributed by atoms with van der Waals surface area (Å²) in [6.45, 7) is 0.758. The number of hydrogen-bond donors (Lipinski definition) is 3. The number of hydrazine groups is 1. The second-order valence-corrected chi connectivity index (χ2v) is 11.2. The Bertz CT molecular complexity index is 1380. The van der Waals surface area contributed by atoms with Gasteiger partial charge < -0.3 is 20.1 Å². The van der Waals surface area contributed by atoms with Crippen LogP contribution in [0, 0.1) is 0 Å². The number of cyclic esters (lactones) is 1. The Morgan fingerprint density at radius 2 is 2.00 bits per heavy atom. The average Bonchev–Trinajstić information content (AvgIpc) is 3.76. The van der Waals surface area contributed by atoms with E-state index in [0.29, 0.717) is 17.6 Å². The number of nitrogens with zero attached hydrogens (tertiary/aromatic N) is 4. The quantitative estimate of drug-likeness (QED) is 0.241. The number of carbonyl (C=O) groups is 5. The van der Waals surface area contributed by atoms with E-state index in [1.807, 2.05) is 30.3 Å². The zero-order valence-corrected chi connectivity index (χ0v) is 23.2. The summed E-state index contributed by atoms with van der Waals surface area (Å²) in [5, 5.41) is 14.6. The predicted molar refractivity (Wildman–Crippen MR) is 148 cm³/mol. The van der Waals surface area contributed by atoms with Gasteiger partial charge in [-0.3, -0.25) is 19.3 Å². The third-order valence-corrected chi connectivity index (χ3v) is 8.83. The van der Waals surface area contributed by atoms with Crippen molar-refractivity contribution in [3.8, 4) is 0 Å². The SMILES string of the molecule is O=C(CSc1ccccc1)N[C@@H]1C(=O)N2C(C(=O)O)=C(/C=C3\CCN(N4CCOC4=O)C3=O)CS[C@H]12.c1c[nH]cn1. The Balaban J connectivity index is 0.000000610. The molecule has 0 unspecified atom stereocenters. The number of carbonyl (C=O) groups excluding carboxylic acids is 4. The molecule has 214 valence electrons. The van der Waals surface area contributed by atoms with Crippen LogP contribution in [0.5, 0.6) is 0 Å². The highest BCUT2D eigenvalue weighted by atomic mass is 32.2. The summed E-state index contributed by atoms with van der Waals surface area (Å²) in [7, 11) is 0. The lowest BCUT2D eigenvalue weighted by molar-refractivity contribution is -0.150. The number of allylic oxidation sites excluding steroid dienone is 1. The van der Waals surface area contributed by atoms with Crippen LogP contribution in [0.15, 0.2) is 76.9 Å². The summed E-state index contributed by atoms with van der Waals surface area (Å²) in [6.07, 6.45) is 6.33. The number of H-pyrrole nitrogens is 1. The van der Waals surface area contributed by atoms with E-state index < -0.39 is 35.3 Å². The molecule has 2 aromatic rings. The summed E-state index contributed by atoms with van der Waals surface area (Å²) in [5.74, 6) is -2.10. The highest BCUT2D eigenvalue weighted by Gasteiger charge is 2.54. The van der Waals surface area contributed by atoms with Crippen molar-refractivity contribution in [3.05, 3.63) is 72.0 Å². The first-order valence-corrected chi connectivity index (χ1v) is 14.7. The molecule has 3 saturated heterocycles. The molecule has 41 heavy (non-hydrogen) atoms. The number of rotatable bonds is 7. The molecule has 3 N–H and O–H groups in total. The number of ether oxygens (including phenoxy) is 1. The minimum Gasteiger partial charge on any atom is -0.477 e. The van der Waals surface area contributed by atoms with Crippen molar-refractivity contribution in [3.63, 3.8) is 0 Å². The van der Waals surface area contributed by atoms with Gasteiger partial charge >= 0.3 is 12.1 Å². The second kappa shape index (κ2) is 12.5. The van der Waals surface area contributed by atoms with Crippen molar-refractivity contribution in [1.29, 1.82) is 0 Å². The molecule has 0 saturated carbocycles. The number of amides is 4. The molecule has 6 rings (SSSR count). The van der Waals surface area contributed by atoms with E-state index >= 15 is 0 Å². The third-order valence-electron chi connectivity index (χ3n) is 6.52. The van der Waals surface area contributed by atoms with Crippen molar-refractivity contribution in [2.45, 2.75) is 22.7 Å². The summed E-state index contributed by atoms with van der Waals surface area (Å²) in [5.41, 5.74) is 0.515. The standard InChI is InChI=1S/C23H22N4O7S2.C3H4N2/c28-16(12-35-15-4-2-1-3-5-15)24-17-20(30)27-18(22(31)32)14(11-36-21(17)27)10-13-6-7-25(19(13)29)26-8-9-34-23(26)33;1-2-5-3-4-1/h1-5,10,17,21H,6-9,11-12H2,(H,24,28)(H,31,32);1-3H,(H,4,5)/b13-10+;/t17-,21-;/m1./s1. The van der Waals surface area contributed by atoms with Gasteiger partial charge in [0.05, 0.1) is 18.6 Å². The van der Waals surface area contributed by atoms with Crippen molar-refractivity contribution < 1.29 is 33.8 Å². The van der Waals surface area contributed by atoms with Gasteiger partial charge in [0.2, 0.25) is 5.91 Å². The fourth-order valence-electron chi connectivity index (χ4n) is 4.63. The van der Waals surface area contributed by atoms with Crippen molar-refractivity contribution in [2.24, 2.45) is 0 Å². The minimum absolute atomic E-state index is 0.132. The first-order chi connectivity index (χ1) is 19.8. The molecule has 13 nitrogen and oxygen atoms in total. The van der Waals surface area contributed by atoms with Gasteiger partial charge in [-0.2, -0.15) is 0 Å². The largest absolute Gasteiger partial charge is 0.477 e. The van der Waals surface area contributed by atoms with Crippen LogP contribution >= 0.6 is 23.5 Å². The number of carboxylic acid groups (broad SMARTS) is 1. The van der Waals surface area contributed by atoms with Crippen molar-refractivity contribution in [1.82, 2.24) is 30.2 Å². The molecule has 0 aliphatic carbocycles. The smallest absolute Gasteiger partial charge is 0.429 e. The van der Waals surface area contributed by atoms with Crippen molar-refractivity contribution >= 4 is 53.3 Å². The average molecular weight is 599 g/mol. The van der Waals surface area contributed by atoms with Gasteiger partial charge in [0.25, 0.3) is 11.8 Å². The number of nitrogens with one attached hydrogen (secondary N) is 2. The summed E-state index contributed by atoms with van der Waals surface area (Å²) in [4.78, 5) is 70.6. The zero-order valence-electron chi connectivity index (χ0n) is 21.6. The van der Waals surface area contributed by atoms with E-state index in [4.69, 9.17) is 4.74 Å². The highest BCUT2D eigenvalue weighted by molar-refractivity contribution is 8.00. The van der Waals surface area contributed by atoms with E-state index in [9.17, 15) is 29.1 Å². The summed E-state index contributed by atoms with van der Waals surface area (Å²) in [6, 6.07) is 8.58. The second-order valence-electron chi connectivity index (χ2n) is 9.08. The number of aromatic amines is 1. The number of hydrogen-bond acceptors (Lipinski definition) is 9. The molecule has 2 atom stereocenters. The van der Waals surface area contributed by atoms with Crippen LogP contribution in [0.1, 0.15) is 6.42 Å². The topological polar surface area (TPSA) is 165 Å². The molecule has 4 amide bonds. The van der Waals surface area contributed by atoms with E-state index in [1.165, 1.54) is 44.5 Å². The Hall–Kier alpha value is -4.24. The fraction of sp³-hybridized carbons (Fsp3) is 0.308. The molecule has 1 aromatic carbocycles. The molecule has 4 aliphatic rings. The highest BCUT2D eigenvalue weighted by Crippen LogP contribution is 2.41. The van der Waals surface area contributed by atoms with Gasteiger partial charge in [-0.25, -0.2) is 24.6 Å². The van der Waals surface area contributed by atoms with Gasteiger partial charge in [0, 0.05) is 35.2 Å². The number of imidazole rings is 1. The molecule has 0 radical (unpaired) electrons. The Morgan fingerprint density at radius 1 is 1.20 bits per heavy atom. The number of benzene rings is 1. The maximum Gasteiger partial charge on any atom is 0.429 e. The number of fused-ring (bicyclic) bond motifs is 1. The predicted octanol–water partition coefficient (Wildman–Crippen LogP) is 1.45. The van der Waals surface area contributed by atoms with Gasteiger partial charge in [0.1, 0.15) is 23.7 Å². The Kier molecular flexibility index (Phi) is 8.64. The lowest BCUT2D eigenvalue weighted by atomic mass is 10.0. The fourth-order valence-corrected chi connectivity index (χ4v) is 6.67. The number of aromatic nitrogens is 2. The molecule has 5 heterocycles. The van der Waals surface area contributed by atoms with Crippen LogP contribution in [0.25, 0.3) is 0 Å². The van der Waals surface area contributed by atoms with Crippen LogP contribution in [-0.4, -0.2) is 102 Å². The molecule has 3 fully saturated rings. The molecule has 15 heteroatoms. The molecular formula is C26H26N6O7S2. The molecule has 0 spiro atoms. The maximum atomic E-state index is 12.9. The number of carboxylic acids is 1. The number of aliphatic carboxylic acids is 1. The molecule has 1 aromatic heterocycles. The van der Waals surface area contributed by atoms with Crippen LogP contribution in [0.4, 0.5) is 4.79 Å². The number of β-lactam (4-membered cyclic amide) rings is 1. The van der Waals surface area contributed by atoms with Gasteiger partial charge in [0.15, 0.2) is 0 Å². The minimum atomic E-state index is -1.28. The van der Waals surface area contributed by atoms with E-state index in [2.05, 4.69) is 15.3 Å². The van der Waals surface area contributed by atoms with Crippen LogP contribution in [0.2, 0.25) is 0 Å². The van der Waals surface area contributed by atoms with Gasteiger partial charge in [-0.1, -0.05) is 18.2 Å². The molecule has 4 aliphatic heterocycles. The lowest BCUT2D eigenvalue weighted by Gasteiger charge is -2.49. The Morgan fingerprint density at radius 3 is 2.63 bits per heavy atom. The van der Waals surface area contributed by atoms with Crippen LogP contribution < -0.4 is 5.32 Å².